The molecule has 7 nitrogen and oxygen atoms in total. The molecule has 0 aromatic carbocycles. The molecular formula is C14H17N5O2. The second-order valence-electron chi connectivity index (χ2n) is 4.23. The molecule has 0 aliphatic carbocycles. The Kier molecular flexibility index (Phi) is 4.81. The Labute approximate surface area is 122 Å². The van der Waals surface area contributed by atoms with Crippen molar-refractivity contribution in [3.8, 4) is 0 Å². The molecule has 0 saturated heterocycles. The maximum absolute atomic E-state index is 11.6. The number of nitrogens with one attached hydrogen (secondary N) is 1. The van der Waals surface area contributed by atoms with E-state index < -0.39 is 12.1 Å². The molecule has 1 aromatic heterocycles. The first-order chi connectivity index (χ1) is 10.1. The molecule has 0 bridgehead atoms. The molecule has 0 amide bonds. The Hall–Kier alpha value is -2.51. The van der Waals surface area contributed by atoms with E-state index >= 15 is 0 Å². The van der Waals surface area contributed by atoms with Gasteiger partial charge in [0.1, 0.15) is 5.82 Å². The lowest BCUT2D eigenvalue weighted by Crippen LogP contribution is -2.34. The summed E-state index contributed by atoms with van der Waals surface area (Å²) in [5.74, 6) is 0.0148. The summed E-state index contributed by atoms with van der Waals surface area (Å²) in [4.78, 5) is 20.0. The molecule has 110 valence electrons. The second kappa shape index (κ2) is 6.78. The van der Waals surface area contributed by atoms with Gasteiger partial charge in [-0.3, -0.25) is 4.98 Å². The van der Waals surface area contributed by atoms with Crippen molar-refractivity contribution < 1.29 is 9.53 Å². The third-order valence-electron chi connectivity index (χ3n) is 2.74. The Morgan fingerprint density at radius 2 is 2.24 bits per heavy atom. The van der Waals surface area contributed by atoms with Gasteiger partial charge in [-0.1, -0.05) is 6.07 Å². The van der Waals surface area contributed by atoms with Crippen molar-refractivity contribution in [3.05, 3.63) is 47.7 Å². The average molecular weight is 287 g/mol. The van der Waals surface area contributed by atoms with Crippen molar-refractivity contribution >= 4 is 17.8 Å². The van der Waals surface area contributed by atoms with Crippen LogP contribution in [0.15, 0.2) is 47.0 Å². The third-order valence-corrected chi connectivity index (χ3v) is 2.74. The highest BCUT2D eigenvalue weighted by Gasteiger charge is 2.18. The average Bonchev–Trinajstić information content (AvgIpc) is 2.49. The van der Waals surface area contributed by atoms with Gasteiger partial charge in [-0.2, -0.15) is 0 Å². The number of rotatable bonds is 4. The van der Waals surface area contributed by atoms with Crippen LogP contribution < -0.4 is 16.8 Å². The Morgan fingerprint density at radius 3 is 2.76 bits per heavy atom. The first-order valence-electron chi connectivity index (χ1n) is 6.48. The van der Waals surface area contributed by atoms with Crippen LogP contribution in [0.5, 0.6) is 0 Å². The predicted molar refractivity (Wildman–Crippen MR) is 79.7 cm³/mol. The summed E-state index contributed by atoms with van der Waals surface area (Å²) in [7, 11) is 0. The van der Waals surface area contributed by atoms with E-state index in [4.69, 9.17) is 16.2 Å². The van der Waals surface area contributed by atoms with Gasteiger partial charge in [0, 0.05) is 18.6 Å². The Bertz CT molecular complexity index is 605. The highest BCUT2D eigenvalue weighted by atomic mass is 16.5. The van der Waals surface area contributed by atoms with Gasteiger partial charge < -0.3 is 21.5 Å². The van der Waals surface area contributed by atoms with E-state index in [1.165, 1.54) is 12.4 Å². The van der Waals surface area contributed by atoms with E-state index in [0.717, 1.165) is 0 Å². The molecule has 1 aliphatic heterocycles. The minimum Gasteiger partial charge on any atom is -0.462 e. The SMILES string of the molecule is CCOC(=O)C1=CN/C(=C(\c2ccccn2)C(N)N)N=C1. The van der Waals surface area contributed by atoms with Crippen LogP contribution in [0.1, 0.15) is 12.6 Å². The molecule has 1 aromatic rings. The van der Waals surface area contributed by atoms with Crippen molar-refractivity contribution in [1.82, 2.24) is 10.3 Å². The highest BCUT2D eigenvalue weighted by Crippen LogP contribution is 2.19. The smallest absolute Gasteiger partial charge is 0.341 e. The largest absolute Gasteiger partial charge is 0.462 e. The predicted octanol–water partition coefficient (Wildman–Crippen LogP) is 0.115. The summed E-state index contributed by atoms with van der Waals surface area (Å²) in [5, 5.41) is 2.91. The Balaban J connectivity index is 2.29. The minimum absolute atomic E-state index is 0.305. The van der Waals surface area contributed by atoms with Crippen molar-refractivity contribution in [2.45, 2.75) is 13.1 Å². The van der Waals surface area contributed by atoms with E-state index in [1.54, 1.807) is 25.3 Å². The number of aliphatic imine (C=N–C) groups is 1. The number of ether oxygens (including phenoxy) is 1. The molecule has 2 heterocycles. The zero-order chi connectivity index (χ0) is 15.2. The fourth-order valence-electron chi connectivity index (χ4n) is 1.80. The number of carbonyl (C=O) groups excluding carboxylic acids is 1. The zero-order valence-electron chi connectivity index (χ0n) is 11.6. The van der Waals surface area contributed by atoms with Gasteiger partial charge >= 0.3 is 5.97 Å². The number of pyridine rings is 1. The van der Waals surface area contributed by atoms with Crippen LogP contribution >= 0.6 is 0 Å². The van der Waals surface area contributed by atoms with Crippen molar-refractivity contribution in [2.75, 3.05) is 6.61 Å². The first-order valence-corrected chi connectivity index (χ1v) is 6.48. The van der Waals surface area contributed by atoms with Crippen LogP contribution in [0.3, 0.4) is 0 Å². The van der Waals surface area contributed by atoms with Gasteiger partial charge in [-0.25, -0.2) is 9.79 Å². The van der Waals surface area contributed by atoms with E-state index in [9.17, 15) is 4.79 Å². The topological polar surface area (TPSA) is 116 Å². The van der Waals surface area contributed by atoms with Gasteiger partial charge in [0.15, 0.2) is 0 Å². The van der Waals surface area contributed by atoms with E-state index in [1.807, 2.05) is 6.07 Å². The quantitative estimate of drug-likeness (QED) is 0.535. The van der Waals surface area contributed by atoms with Crippen molar-refractivity contribution in [2.24, 2.45) is 16.5 Å². The Morgan fingerprint density at radius 1 is 1.43 bits per heavy atom. The van der Waals surface area contributed by atoms with Gasteiger partial charge in [-0.15, -0.1) is 0 Å². The first kappa shape index (κ1) is 14.9. The standard InChI is InChI=1S/C14H17N5O2/c1-2-21-14(20)9-7-18-13(19-8-9)11(12(15)16)10-5-3-4-6-17-10/h3-8,12,18H,2,15-16H2,1H3/b13-11-. The summed E-state index contributed by atoms with van der Waals surface area (Å²) >= 11 is 0. The van der Waals surface area contributed by atoms with E-state index in [0.29, 0.717) is 29.3 Å². The zero-order valence-corrected chi connectivity index (χ0v) is 11.6. The summed E-state index contributed by atoms with van der Waals surface area (Å²) in [6.45, 7) is 2.05. The van der Waals surface area contributed by atoms with Crippen LogP contribution in [0.25, 0.3) is 5.57 Å². The lowest BCUT2D eigenvalue weighted by molar-refractivity contribution is -0.137. The molecule has 0 radical (unpaired) electrons. The number of hydrogen-bond donors (Lipinski definition) is 3. The van der Waals surface area contributed by atoms with Crippen LogP contribution in [-0.2, 0) is 9.53 Å². The molecule has 0 unspecified atom stereocenters. The number of nitrogens with zero attached hydrogens (tertiary/aromatic N) is 2. The molecule has 5 N–H and O–H groups in total. The molecule has 7 heteroatoms. The minimum atomic E-state index is -0.753. The summed E-state index contributed by atoms with van der Waals surface area (Å²) in [5.41, 5.74) is 13.1. The lowest BCUT2D eigenvalue weighted by Gasteiger charge is -2.17. The van der Waals surface area contributed by atoms with Crippen LogP contribution in [0, 0.1) is 0 Å². The number of esters is 1. The summed E-state index contributed by atoms with van der Waals surface area (Å²) < 4.78 is 4.89. The normalized spacial score (nSPS) is 16.3. The third kappa shape index (κ3) is 3.53. The van der Waals surface area contributed by atoms with Crippen LogP contribution in [0.2, 0.25) is 0 Å². The molecule has 0 atom stereocenters. The monoisotopic (exact) mass is 287 g/mol. The van der Waals surface area contributed by atoms with Gasteiger partial charge in [-0.05, 0) is 19.1 Å². The van der Waals surface area contributed by atoms with Crippen molar-refractivity contribution in [1.29, 1.82) is 0 Å². The second-order valence-corrected chi connectivity index (χ2v) is 4.23. The van der Waals surface area contributed by atoms with Gasteiger partial charge in [0.2, 0.25) is 0 Å². The molecule has 0 spiro atoms. The number of carbonyl (C=O) groups is 1. The fraction of sp³-hybridized carbons (Fsp3) is 0.214. The highest BCUT2D eigenvalue weighted by molar-refractivity contribution is 6.10. The molecule has 2 rings (SSSR count). The molecule has 0 saturated carbocycles. The molecule has 21 heavy (non-hydrogen) atoms. The molecule has 0 fully saturated rings. The van der Waals surface area contributed by atoms with E-state index in [2.05, 4.69) is 15.3 Å². The molecular weight excluding hydrogens is 270 g/mol. The number of hydrogen-bond acceptors (Lipinski definition) is 7. The number of aromatic nitrogens is 1. The maximum atomic E-state index is 11.6. The van der Waals surface area contributed by atoms with Gasteiger partial charge in [0.25, 0.3) is 0 Å². The van der Waals surface area contributed by atoms with Crippen molar-refractivity contribution in [3.63, 3.8) is 0 Å². The summed E-state index contributed by atoms with van der Waals surface area (Å²) in [6, 6.07) is 5.42. The lowest BCUT2D eigenvalue weighted by atomic mass is 10.1. The van der Waals surface area contributed by atoms with Crippen LogP contribution in [-0.4, -0.2) is 29.9 Å². The summed E-state index contributed by atoms with van der Waals surface area (Å²) in [6.07, 6.45) is 3.81. The maximum Gasteiger partial charge on any atom is 0.341 e. The number of nitrogens with two attached hydrogens (primary N) is 2. The van der Waals surface area contributed by atoms with E-state index in [-0.39, 0.29) is 0 Å². The fourth-order valence-corrected chi connectivity index (χ4v) is 1.80. The van der Waals surface area contributed by atoms with Gasteiger partial charge in [0.05, 0.1) is 29.6 Å². The molecule has 1 aliphatic rings. The van der Waals surface area contributed by atoms with Crippen LogP contribution in [0.4, 0.5) is 0 Å².